The summed E-state index contributed by atoms with van der Waals surface area (Å²) < 4.78 is 11.0. The number of aliphatic hydroxyl groups is 1. The van der Waals surface area contributed by atoms with E-state index in [9.17, 15) is 9.90 Å². The molecule has 1 saturated carbocycles. The van der Waals surface area contributed by atoms with E-state index in [1.165, 1.54) is 0 Å². The molecule has 126 valence electrons. The van der Waals surface area contributed by atoms with Crippen LogP contribution in [0.25, 0.3) is 0 Å². The van der Waals surface area contributed by atoms with E-state index in [1.807, 2.05) is 0 Å². The highest BCUT2D eigenvalue weighted by atomic mass is 16.5. The molecule has 0 spiro atoms. The molecule has 0 bridgehead atoms. The Hall–Kier alpha value is -0.690. The molecule has 2 saturated heterocycles. The predicted molar refractivity (Wildman–Crippen MR) is 81.5 cm³/mol. The molecule has 3 N–H and O–H groups in total. The van der Waals surface area contributed by atoms with Crippen LogP contribution in [0.5, 0.6) is 0 Å². The van der Waals surface area contributed by atoms with Gasteiger partial charge in [-0.1, -0.05) is 12.8 Å². The minimum Gasteiger partial charge on any atom is -0.389 e. The van der Waals surface area contributed by atoms with Crippen LogP contribution >= 0.6 is 0 Å². The largest absolute Gasteiger partial charge is 0.389 e. The summed E-state index contributed by atoms with van der Waals surface area (Å²) in [5.74, 6) is 0.281. The van der Waals surface area contributed by atoms with Gasteiger partial charge in [0, 0.05) is 31.7 Å². The maximum absolute atomic E-state index is 12.0. The number of hydrogen-bond donors (Lipinski definition) is 3. The van der Waals surface area contributed by atoms with E-state index in [0.29, 0.717) is 19.2 Å². The lowest BCUT2D eigenvalue weighted by molar-refractivity contribution is -0.125. The van der Waals surface area contributed by atoms with Crippen LogP contribution in [0, 0.1) is 5.92 Å². The Morgan fingerprint density at radius 2 is 1.86 bits per heavy atom. The Morgan fingerprint density at radius 1 is 1.14 bits per heavy atom. The maximum atomic E-state index is 12.0. The Bertz CT molecular complexity index is 367. The van der Waals surface area contributed by atoms with Gasteiger partial charge < -0.3 is 25.2 Å². The first kappa shape index (κ1) is 16.2. The zero-order chi connectivity index (χ0) is 15.4. The third-order valence-electron chi connectivity index (χ3n) is 5.16. The van der Waals surface area contributed by atoms with Gasteiger partial charge in [0.25, 0.3) is 0 Å². The van der Waals surface area contributed by atoms with Gasteiger partial charge in [-0.2, -0.15) is 0 Å². The standard InChI is InChI=1S/C16H28N2O4/c19-15-13(18-12-5-7-21-8-6-12)10-22-14(15)9-17-16(20)11-3-1-2-4-11/h11-15,18-19H,1-10H2,(H,17,20)/t13-,14-,15+/m1/s1. The fraction of sp³-hybridized carbons (Fsp3) is 0.938. The van der Waals surface area contributed by atoms with E-state index in [1.54, 1.807) is 0 Å². The monoisotopic (exact) mass is 312 g/mol. The molecule has 3 rings (SSSR count). The van der Waals surface area contributed by atoms with Crippen molar-refractivity contribution in [2.45, 2.75) is 62.8 Å². The Balaban J connectivity index is 1.40. The number of hydrogen-bond acceptors (Lipinski definition) is 5. The highest BCUT2D eigenvalue weighted by Crippen LogP contribution is 2.25. The van der Waals surface area contributed by atoms with E-state index in [2.05, 4.69) is 10.6 Å². The van der Waals surface area contributed by atoms with Crippen molar-refractivity contribution in [3.05, 3.63) is 0 Å². The number of amides is 1. The minimum atomic E-state index is -0.563. The van der Waals surface area contributed by atoms with E-state index in [4.69, 9.17) is 9.47 Å². The summed E-state index contributed by atoms with van der Waals surface area (Å²) in [6, 6.07) is 0.348. The second-order valence-electron chi connectivity index (χ2n) is 6.75. The predicted octanol–water partition coefficient (Wildman–Crippen LogP) is 0.190. The van der Waals surface area contributed by atoms with Gasteiger partial charge in [0.1, 0.15) is 6.10 Å². The van der Waals surface area contributed by atoms with Crippen LogP contribution < -0.4 is 10.6 Å². The highest BCUT2D eigenvalue weighted by Gasteiger charge is 2.37. The van der Waals surface area contributed by atoms with Gasteiger partial charge in [0.05, 0.1) is 18.8 Å². The molecular formula is C16H28N2O4. The molecule has 3 atom stereocenters. The Kier molecular flexibility index (Phi) is 5.68. The number of carbonyl (C=O) groups excluding carboxylic acids is 1. The molecule has 6 heteroatoms. The van der Waals surface area contributed by atoms with Crippen LogP contribution in [0.1, 0.15) is 38.5 Å². The SMILES string of the molecule is O=C(NC[C@H]1OC[C@@H](NC2CCOCC2)[C@@H]1O)C1CCCC1. The molecular weight excluding hydrogens is 284 g/mol. The molecule has 0 aromatic rings. The second kappa shape index (κ2) is 7.73. The number of rotatable bonds is 5. The molecule has 0 aromatic carbocycles. The van der Waals surface area contributed by atoms with Gasteiger partial charge in [-0.3, -0.25) is 4.79 Å². The summed E-state index contributed by atoms with van der Waals surface area (Å²) in [6.45, 7) is 2.47. The van der Waals surface area contributed by atoms with Crippen molar-refractivity contribution in [2.75, 3.05) is 26.4 Å². The first-order valence-electron chi connectivity index (χ1n) is 8.65. The van der Waals surface area contributed by atoms with Crippen molar-refractivity contribution in [1.29, 1.82) is 0 Å². The van der Waals surface area contributed by atoms with Gasteiger partial charge >= 0.3 is 0 Å². The molecule has 2 heterocycles. The number of carbonyl (C=O) groups is 1. The second-order valence-corrected chi connectivity index (χ2v) is 6.75. The van der Waals surface area contributed by atoms with E-state index in [-0.39, 0.29) is 24.0 Å². The average Bonchev–Trinajstić information content (AvgIpc) is 3.18. The smallest absolute Gasteiger partial charge is 0.223 e. The van der Waals surface area contributed by atoms with Crippen molar-refractivity contribution in [3.8, 4) is 0 Å². The lowest BCUT2D eigenvalue weighted by Gasteiger charge is -2.28. The Labute approximate surface area is 131 Å². The molecule has 0 radical (unpaired) electrons. The maximum Gasteiger partial charge on any atom is 0.223 e. The highest BCUT2D eigenvalue weighted by molar-refractivity contribution is 5.78. The van der Waals surface area contributed by atoms with Gasteiger partial charge in [-0.05, 0) is 25.7 Å². The summed E-state index contributed by atoms with van der Waals surface area (Å²) >= 11 is 0. The normalized spacial score (nSPS) is 34.1. The number of ether oxygens (including phenoxy) is 2. The van der Waals surface area contributed by atoms with Crippen LogP contribution in [-0.4, -0.2) is 61.7 Å². The van der Waals surface area contributed by atoms with Crippen molar-refractivity contribution in [2.24, 2.45) is 5.92 Å². The molecule has 2 aliphatic heterocycles. The van der Waals surface area contributed by atoms with Crippen molar-refractivity contribution < 1.29 is 19.4 Å². The van der Waals surface area contributed by atoms with E-state index in [0.717, 1.165) is 51.7 Å². The molecule has 3 fully saturated rings. The fourth-order valence-corrected chi connectivity index (χ4v) is 3.71. The Morgan fingerprint density at radius 3 is 2.59 bits per heavy atom. The molecule has 3 aliphatic rings. The van der Waals surface area contributed by atoms with Gasteiger partial charge in [-0.15, -0.1) is 0 Å². The zero-order valence-electron chi connectivity index (χ0n) is 13.1. The minimum absolute atomic E-state index is 0.0449. The molecule has 22 heavy (non-hydrogen) atoms. The summed E-state index contributed by atoms with van der Waals surface area (Å²) in [5.41, 5.74) is 0. The van der Waals surface area contributed by atoms with Crippen LogP contribution in [0.2, 0.25) is 0 Å². The van der Waals surface area contributed by atoms with Crippen molar-refractivity contribution >= 4 is 5.91 Å². The fourth-order valence-electron chi connectivity index (χ4n) is 3.71. The molecule has 6 nitrogen and oxygen atoms in total. The molecule has 0 unspecified atom stereocenters. The van der Waals surface area contributed by atoms with Crippen molar-refractivity contribution in [3.63, 3.8) is 0 Å². The van der Waals surface area contributed by atoms with Crippen LogP contribution in [0.15, 0.2) is 0 Å². The molecule has 1 aliphatic carbocycles. The third kappa shape index (κ3) is 3.98. The lowest BCUT2D eigenvalue weighted by Crippen LogP contribution is -2.49. The third-order valence-corrected chi connectivity index (χ3v) is 5.16. The van der Waals surface area contributed by atoms with E-state index >= 15 is 0 Å². The summed E-state index contributed by atoms with van der Waals surface area (Å²) in [4.78, 5) is 12.0. The number of nitrogens with one attached hydrogen (secondary N) is 2. The average molecular weight is 312 g/mol. The van der Waals surface area contributed by atoms with Gasteiger partial charge in [0.2, 0.25) is 5.91 Å². The number of aliphatic hydroxyl groups excluding tert-OH is 1. The molecule has 1 amide bonds. The molecule has 0 aromatic heterocycles. The van der Waals surface area contributed by atoms with Crippen LogP contribution in [0.4, 0.5) is 0 Å². The van der Waals surface area contributed by atoms with Crippen LogP contribution in [0.3, 0.4) is 0 Å². The quantitative estimate of drug-likeness (QED) is 0.675. The van der Waals surface area contributed by atoms with Gasteiger partial charge in [0.15, 0.2) is 0 Å². The summed E-state index contributed by atoms with van der Waals surface area (Å²) in [7, 11) is 0. The van der Waals surface area contributed by atoms with Gasteiger partial charge in [-0.25, -0.2) is 0 Å². The topological polar surface area (TPSA) is 79.8 Å². The zero-order valence-corrected chi connectivity index (χ0v) is 13.1. The van der Waals surface area contributed by atoms with Crippen molar-refractivity contribution in [1.82, 2.24) is 10.6 Å². The summed E-state index contributed by atoms with van der Waals surface area (Å²) in [6.07, 6.45) is 5.38. The van der Waals surface area contributed by atoms with Crippen LogP contribution in [-0.2, 0) is 14.3 Å². The van der Waals surface area contributed by atoms with E-state index < -0.39 is 6.10 Å². The first-order chi connectivity index (χ1) is 10.7. The first-order valence-corrected chi connectivity index (χ1v) is 8.65. The summed E-state index contributed by atoms with van der Waals surface area (Å²) in [5, 5.41) is 16.8. The lowest BCUT2D eigenvalue weighted by atomic mass is 10.0.